The largest absolute Gasteiger partial charge is 0.509 e. The number of imidazole rings is 1. The van der Waals surface area contributed by atoms with E-state index in [2.05, 4.69) is 16.0 Å². The van der Waals surface area contributed by atoms with E-state index in [-0.39, 0.29) is 18.1 Å². The number of aromatic nitrogens is 2. The van der Waals surface area contributed by atoms with Crippen LogP contribution in [0.15, 0.2) is 42.2 Å². The van der Waals surface area contributed by atoms with E-state index < -0.39 is 0 Å². The van der Waals surface area contributed by atoms with Crippen LogP contribution in [0, 0.1) is 16.7 Å². The van der Waals surface area contributed by atoms with Crippen molar-refractivity contribution in [1.29, 1.82) is 10.7 Å². The van der Waals surface area contributed by atoms with E-state index in [4.69, 9.17) is 14.9 Å². The van der Waals surface area contributed by atoms with Crippen LogP contribution in [0.3, 0.4) is 0 Å². The number of fused-ring (bicyclic) bond motifs is 1. The molecular weight excluding hydrogens is 358 g/mol. The molecule has 2 heterocycles. The van der Waals surface area contributed by atoms with E-state index in [9.17, 15) is 10.4 Å². The second-order valence-electron chi connectivity index (χ2n) is 6.23. The second-order valence-corrected chi connectivity index (χ2v) is 6.23. The van der Waals surface area contributed by atoms with Crippen molar-refractivity contribution >= 4 is 28.1 Å². The number of benzene rings is 2. The lowest BCUT2D eigenvalue weighted by molar-refractivity contribution is 0.394. The average Bonchev–Trinajstić information content (AvgIpc) is 3.27. The summed E-state index contributed by atoms with van der Waals surface area (Å²) >= 11 is 0. The van der Waals surface area contributed by atoms with Crippen molar-refractivity contribution in [2.45, 2.75) is 0 Å². The Hall–Kier alpha value is -3.99. The molecule has 0 saturated carbocycles. The van der Waals surface area contributed by atoms with Gasteiger partial charge in [-0.2, -0.15) is 5.26 Å². The van der Waals surface area contributed by atoms with Crippen LogP contribution in [0.25, 0.3) is 16.6 Å². The topological polar surface area (TPSA) is 118 Å². The molecule has 0 aliphatic carbocycles. The Balaban J connectivity index is 1.75. The average molecular weight is 375 g/mol. The standard InChI is InChI=1S/C20H17N5O3/c1-27-13-6-12(7-14(8-13)28-2)25-10-16(26)17(19(25)22)20-23-15-5-3-4-11(9-21)18(15)24-20/h3-8,22,26H,10H2,1-2H3,(H,23,24). The molecular formula is C20H17N5O3. The molecule has 0 unspecified atom stereocenters. The highest BCUT2D eigenvalue weighted by atomic mass is 16.5. The molecule has 1 aliphatic rings. The lowest BCUT2D eigenvalue weighted by Crippen LogP contribution is -2.26. The highest BCUT2D eigenvalue weighted by Crippen LogP contribution is 2.35. The summed E-state index contributed by atoms with van der Waals surface area (Å²) < 4.78 is 10.6. The van der Waals surface area contributed by atoms with Gasteiger partial charge >= 0.3 is 0 Å². The third kappa shape index (κ3) is 2.70. The van der Waals surface area contributed by atoms with E-state index in [1.807, 2.05) is 0 Å². The number of hydrogen-bond acceptors (Lipinski definition) is 6. The first-order valence-corrected chi connectivity index (χ1v) is 8.46. The fraction of sp³-hybridized carbons (Fsp3) is 0.150. The van der Waals surface area contributed by atoms with E-state index in [0.29, 0.717) is 45.2 Å². The van der Waals surface area contributed by atoms with Gasteiger partial charge < -0.3 is 24.5 Å². The monoisotopic (exact) mass is 375 g/mol. The van der Waals surface area contributed by atoms with Crippen molar-refractivity contribution in [3.63, 3.8) is 0 Å². The summed E-state index contributed by atoms with van der Waals surface area (Å²) in [6.45, 7) is 0.118. The predicted molar refractivity (Wildman–Crippen MR) is 105 cm³/mol. The van der Waals surface area contributed by atoms with Gasteiger partial charge in [0.1, 0.15) is 40.5 Å². The number of para-hydroxylation sites is 1. The summed E-state index contributed by atoms with van der Waals surface area (Å²) in [5, 5.41) is 28.4. The number of rotatable bonds is 4. The number of aromatic amines is 1. The Morgan fingerprint density at radius 3 is 2.57 bits per heavy atom. The van der Waals surface area contributed by atoms with Crippen LogP contribution in [-0.2, 0) is 0 Å². The SMILES string of the molecule is COc1cc(OC)cc(N2CC(O)=C(c3nc4c(C#N)cccc4[nH]3)C2=N)c1. The third-order valence-corrected chi connectivity index (χ3v) is 4.62. The number of nitriles is 1. The number of aliphatic hydroxyl groups is 1. The molecule has 0 amide bonds. The molecule has 0 saturated heterocycles. The third-order valence-electron chi connectivity index (χ3n) is 4.62. The zero-order chi connectivity index (χ0) is 19.8. The number of nitrogens with one attached hydrogen (secondary N) is 2. The lowest BCUT2D eigenvalue weighted by Gasteiger charge is -2.20. The van der Waals surface area contributed by atoms with Crippen LogP contribution in [0.2, 0.25) is 0 Å². The molecule has 3 N–H and O–H groups in total. The molecule has 2 aromatic carbocycles. The fourth-order valence-corrected chi connectivity index (χ4v) is 3.24. The molecule has 0 bridgehead atoms. The summed E-state index contributed by atoms with van der Waals surface area (Å²) in [6, 6.07) is 12.6. The number of amidine groups is 1. The normalized spacial score (nSPS) is 13.9. The zero-order valence-corrected chi connectivity index (χ0v) is 15.3. The highest BCUT2D eigenvalue weighted by molar-refractivity contribution is 6.30. The number of nitrogens with zero attached hydrogens (tertiary/aromatic N) is 3. The maximum absolute atomic E-state index is 10.6. The van der Waals surface area contributed by atoms with Crippen LogP contribution < -0.4 is 14.4 Å². The Bertz CT molecular complexity index is 1150. The minimum absolute atomic E-state index is 0.0179. The minimum atomic E-state index is 0.0179. The van der Waals surface area contributed by atoms with Crippen molar-refractivity contribution in [2.24, 2.45) is 0 Å². The highest BCUT2D eigenvalue weighted by Gasteiger charge is 2.32. The molecule has 0 spiro atoms. The first-order valence-electron chi connectivity index (χ1n) is 8.46. The molecule has 4 rings (SSSR count). The summed E-state index contributed by atoms with van der Waals surface area (Å²) in [5.74, 6) is 1.61. The van der Waals surface area contributed by atoms with Crippen LogP contribution >= 0.6 is 0 Å². The van der Waals surface area contributed by atoms with E-state index in [1.54, 1.807) is 55.5 Å². The van der Waals surface area contributed by atoms with Gasteiger partial charge in [0.05, 0.1) is 43.1 Å². The number of methoxy groups -OCH3 is 2. The van der Waals surface area contributed by atoms with E-state index in [0.717, 1.165) is 0 Å². The molecule has 0 atom stereocenters. The molecule has 1 aliphatic heterocycles. The van der Waals surface area contributed by atoms with Crippen molar-refractivity contribution in [2.75, 3.05) is 25.7 Å². The predicted octanol–water partition coefficient (Wildman–Crippen LogP) is 3.22. The molecule has 0 radical (unpaired) electrons. The van der Waals surface area contributed by atoms with Gasteiger partial charge in [-0.3, -0.25) is 5.41 Å². The van der Waals surface area contributed by atoms with Crippen LogP contribution in [0.5, 0.6) is 11.5 Å². The van der Waals surface area contributed by atoms with Crippen molar-refractivity contribution in [3.8, 4) is 17.6 Å². The zero-order valence-electron chi connectivity index (χ0n) is 15.3. The first kappa shape index (κ1) is 17.4. The number of aliphatic hydroxyl groups excluding tert-OH is 1. The lowest BCUT2D eigenvalue weighted by atomic mass is 10.2. The molecule has 140 valence electrons. The molecule has 28 heavy (non-hydrogen) atoms. The van der Waals surface area contributed by atoms with Gasteiger partial charge in [0.2, 0.25) is 0 Å². The van der Waals surface area contributed by atoms with Gasteiger partial charge in [0.25, 0.3) is 0 Å². The molecule has 3 aromatic rings. The molecule has 8 nitrogen and oxygen atoms in total. The Morgan fingerprint density at radius 2 is 1.93 bits per heavy atom. The summed E-state index contributed by atoms with van der Waals surface area (Å²) in [7, 11) is 3.10. The van der Waals surface area contributed by atoms with Gasteiger partial charge in [-0.05, 0) is 12.1 Å². The molecule has 0 fully saturated rings. The van der Waals surface area contributed by atoms with Gasteiger partial charge in [-0.15, -0.1) is 0 Å². The maximum Gasteiger partial charge on any atom is 0.145 e. The number of ether oxygens (including phenoxy) is 2. The Labute approximate surface area is 160 Å². The maximum atomic E-state index is 10.6. The van der Waals surface area contributed by atoms with Gasteiger partial charge in [-0.25, -0.2) is 4.98 Å². The van der Waals surface area contributed by atoms with Crippen LogP contribution in [0.4, 0.5) is 5.69 Å². The fourth-order valence-electron chi connectivity index (χ4n) is 3.24. The number of H-pyrrole nitrogens is 1. The van der Waals surface area contributed by atoms with Crippen molar-refractivity contribution < 1.29 is 14.6 Å². The summed E-state index contributed by atoms with van der Waals surface area (Å²) in [4.78, 5) is 9.18. The van der Waals surface area contributed by atoms with Crippen molar-refractivity contribution in [3.05, 3.63) is 53.5 Å². The van der Waals surface area contributed by atoms with Gasteiger partial charge in [0.15, 0.2) is 0 Å². The molecule has 1 aromatic heterocycles. The van der Waals surface area contributed by atoms with Crippen LogP contribution in [0.1, 0.15) is 11.4 Å². The Morgan fingerprint density at radius 1 is 1.21 bits per heavy atom. The minimum Gasteiger partial charge on any atom is -0.509 e. The molecule has 8 heteroatoms. The van der Waals surface area contributed by atoms with Gasteiger partial charge in [-0.1, -0.05) is 6.07 Å². The van der Waals surface area contributed by atoms with Crippen LogP contribution in [-0.4, -0.2) is 41.7 Å². The first-order chi connectivity index (χ1) is 13.5. The number of hydrogen-bond donors (Lipinski definition) is 3. The summed E-state index contributed by atoms with van der Waals surface area (Å²) in [6.07, 6.45) is 0. The second kappa shape index (κ2) is 6.63. The summed E-state index contributed by atoms with van der Waals surface area (Å²) in [5.41, 5.74) is 2.55. The Kier molecular flexibility index (Phi) is 4.12. The van der Waals surface area contributed by atoms with E-state index >= 15 is 0 Å². The van der Waals surface area contributed by atoms with E-state index in [1.165, 1.54) is 0 Å². The quantitative estimate of drug-likeness (QED) is 0.644. The number of anilines is 1. The smallest absolute Gasteiger partial charge is 0.145 e. The van der Waals surface area contributed by atoms with Crippen molar-refractivity contribution in [1.82, 2.24) is 9.97 Å². The van der Waals surface area contributed by atoms with Gasteiger partial charge in [0, 0.05) is 18.2 Å².